The van der Waals surface area contributed by atoms with Crippen LogP contribution < -0.4 is 5.32 Å². The van der Waals surface area contributed by atoms with Crippen LogP contribution in [0.5, 0.6) is 0 Å². The highest BCUT2D eigenvalue weighted by molar-refractivity contribution is 6.31. The van der Waals surface area contributed by atoms with E-state index in [2.05, 4.69) is 5.32 Å². The largest absolute Gasteiger partial charge is 0.340 e. The molecule has 3 aromatic rings. The van der Waals surface area contributed by atoms with Gasteiger partial charge in [-0.05, 0) is 60.6 Å². The number of hydrogen-bond acceptors (Lipinski definition) is 3. The van der Waals surface area contributed by atoms with E-state index < -0.39 is 0 Å². The Bertz CT molecular complexity index is 1400. The third-order valence-electron chi connectivity index (χ3n) is 7.76. The highest BCUT2D eigenvalue weighted by atomic mass is 35.5. The smallest absolute Gasteiger partial charge is 0.270 e. The highest BCUT2D eigenvalue weighted by Gasteiger charge is 2.42. The van der Waals surface area contributed by atoms with Gasteiger partial charge in [0, 0.05) is 67.8 Å². The third-order valence-corrected chi connectivity index (χ3v) is 8.00. The average Bonchev–Trinajstić information content (AvgIpc) is 3.44. The first-order chi connectivity index (χ1) is 17.7. The molecule has 0 aliphatic carbocycles. The number of carbonyl (C=O) groups is 3. The van der Waals surface area contributed by atoms with Crippen molar-refractivity contribution < 1.29 is 14.4 Å². The quantitative estimate of drug-likeness (QED) is 0.496. The van der Waals surface area contributed by atoms with Crippen LogP contribution in [0.4, 0.5) is 5.69 Å². The van der Waals surface area contributed by atoms with Gasteiger partial charge in [-0.1, -0.05) is 35.9 Å². The minimum absolute atomic E-state index is 0.0467. The van der Waals surface area contributed by atoms with Crippen molar-refractivity contribution in [2.45, 2.75) is 26.2 Å². The Morgan fingerprint density at radius 2 is 1.68 bits per heavy atom. The summed E-state index contributed by atoms with van der Waals surface area (Å²) in [5, 5.41) is 4.34. The first kappa shape index (κ1) is 25.1. The molecule has 2 aliphatic rings. The maximum atomic E-state index is 13.3. The number of para-hydroxylation sites is 1. The number of hydrogen-bond donors (Lipinski definition) is 1. The average molecular weight is 519 g/mol. The number of carbonyl (C=O) groups excluding carboxylic acids is 3. The molecule has 1 spiro atoms. The molecular weight excluding hydrogens is 488 g/mol. The van der Waals surface area contributed by atoms with Gasteiger partial charge in [-0.15, -0.1) is 0 Å². The van der Waals surface area contributed by atoms with Crippen molar-refractivity contribution in [2.24, 2.45) is 12.5 Å². The Morgan fingerprint density at radius 3 is 2.38 bits per heavy atom. The van der Waals surface area contributed by atoms with Crippen LogP contribution in [0.1, 0.15) is 42.2 Å². The number of nitrogens with zero attached hydrogens (tertiary/aromatic N) is 3. The van der Waals surface area contributed by atoms with E-state index in [0.29, 0.717) is 42.6 Å². The number of halogens is 1. The molecule has 1 N–H and O–H groups in total. The molecule has 0 saturated carbocycles. The SMILES string of the molecule is CC(=O)Nc1cc(Cl)ccc1/C=C/C(=O)N1CCC2(CCN(C(=O)c3cc4ccccc4n3C)CC2)C1. The number of rotatable bonds is 4. The number of piperidine rings is 1. The number of aryl methyl sites for hydroxylation is 1. The second-order valence-electron chi connectivity index (χ2n) is 10.2. The van der Waals surface area contributed by atoms with Gasteiger partial charge in [-0.25, -0.2) is 0 Å². The second kappa shape index (κ2) is 10.1. The molecule has 2 aliphatic heterocycles. The van der Waals surface area contributed by atoms with Gasteiger partial charge < -0.3 is 19.7 Å². The van der Waals surface area contributed by atoms with Crippen LogP contribution in [0.15, 0.2) is 54.6 Å². The molecule has 0 unspecified atom stereocenters. The lowest BCUT2D eigenvalue weighted by Gasteiger charge is -2.39. The fourth-order valence-electron chi connectivity index (χ4n) is 5.61. The van der Waals surface area contributed by atoms with E-state index in [1.165, 1.54) is 6.92 Å². The molecule has 1 aromatic heterocycles. The number of nitrogens with one attached hydrogen (secondary N) is 1. The molecule has 5 rings (SSSR count). The minimum atomic E-state index is -0.199. The summed E-state index contributed by atoms with van der Waals surface area (Å²) >= 11 is 6.06. The van der Waals surface area contributed by atoms with Gasteiger partial charge in [0.05, 0.1) is 0 Å². The van der Waals surface area contributed by atoms with E-state index in [9.17, 15) is 14.4 Å². The lowest BCUT2D eigenvalue weighted by Crippen LogP contribution is -2.45. The Hall–Kier alpha value is -3.58. The van der Waals surface area contributed by atoms with Crippen LogP contribution in [-0.2, 0) is 16.6 Å². The fourth-order valence-corrected chi connectivity index (χ4v) is 5.78. The van der Waals surface area contributed by atoms with Crippen molar-refractivity contribution in [3.63, 3.8) is 0 Å². The molecule has 3 amide bonds. The van der Waals surface area contributed by atoms with Gasteiger partial charge in [0.25, 0.3) is 5.91 Å². The lowest BCUT2D eigenvalue weighted by molar-refractivity contribution is -0.125. The maximum Gasteiger partial charge on any atom is 0.270 e. The summed E-state index contributed by atoms with van der Waals surface area (Å²) < 4.78 is 1.97. The van der Waals surface area contributed by atoms with E-state index in [1.54, 1.807) is 30.4 Å². The molecule has 0 bridgehead atoms. The predicted molar refractivity (Wildman–Crippen MR) is 146 cm³/mol. The second-order valence-corrected chi connectivity index (χ2v) is 10.6. The Kier molecular flexibility index (Phi) is 6.82. The zero-order valence-electron chi connectivity index (χ0n) is 21.2. The maximum absolute atomic E-state index is 13.3. The lowest BCUT2D eigenvalue weighted by atomic mass is 9.77. The summed E-state index contributed by atoms with van der Waals surface area (Å²) in [6, 6.07) is 15.2. The van der Waals surface area contributed by atoms with Gasteiger partial charge in [0.1, 0.15) is 5.69 Å². The zero-order chi connectivity index (χ0) is 26.2. The van der Waals surface area contributed by atoms with Crippen molar-refractivity contribution in [3.8, 4) is 0 Å². The molecule has 192 valence electrons. The summed E-state index contributed by atoms with van der Waals surface area (Å²) in [5.74, 6) is -0.176. The Morgan fingerprint density at radius 1 is 0.973 bits per heavy atom. The standard InChI is InChI=1S/C29H31ClN4O3/c1-20(35)31-24-18-23(30)9-7-21(24)8-10-27(36)34-16-13-29(19-34)11-14-33(15-12-29)28(37)26-17-22-5-3-4-6-25(22)32(26)2/h3-10,17-18H,11-16,19H2,1-2H3,(H,31,35)/b10-8+. The monoisotopic (exact) mass is 518 g/mol. The van der Waals surface area contributed by atoms with E-state index in [1.807, 2.05) is 51.7 Å². The van der Waals surface area contributed by atoms with Crippen molar-refractivity contribution in [3.05, 3.63) is 70.9 Å². The summed E-state index contributed by atoms with van der Waals surface area (Å²) in [6.45, 7) is 4.24. The summed E-state index contributed by atoms with van der Waals surface area (Å²) in [6.07, 6.45) is 6.01. The Labute approximate surface area is 221 Å². The first-order valence-electron chi connectivity index (χ1n) is 12.6. The molecule has 2 aromatic carbocycles. The molecule has 8 heteroatoms. The summed E-state index contributed by atoms with van der Waals surface area (Å²) in [4.78, 5) is 41.6. The third kappa shape index (κ3) is 5.14. The number of fused-ring (bicyclic) bond motifs is 1. The van der Waals surface area contributed by atoms with Gasteiger partial charge in [0.2, 0.25) is 11.8 Å². The zero-order valence-corrected chi connectivity index (χ0v) is 21.9. The van der Waals surface area contributed by atoms with Crippen LogP contribution in [0.2, 0.25) is 5.02 Å². The molecule has 2 fully saturated rings. The minimum Gasteiger partial charge on any atom is -0.340 e. The fraction of sp³-hybridized carbons (Fsp3) is 0.345. The van der Waals surface area contributed by atoms with Crippen LogP contribution in [0.3, 0.4) is 0 Å². The summed E-state index contributed by atoms with van der Waals surface area (Å²) in [5.41, 5.74) is 3.12. The van der Waals surface area contributed by atoms with Gasteiger partial charge in [-0.2, -0.15) is 0 Å². The van der Waals surface area contributed by atoms with Gasteiger partial charge in [0.15, 0.2) is 0 Å². The van der Waals surface area contributed by atoms with E-state index >= 15 is 0 Å². The van der Waals surface area contributed by atoms with Crippen molar-refractivity contribution in [2.75, 3.05) is 31.5 Å². The predicted octanol–water partition coefficient (Wildman–Crippen LogP) is 4.96. The topological polar surface area (TPSA) is 74.7 Å². The number of aromatic nitrogens is 1. The van der Waals surface area contributed by atoms with E-state index in [4.69, 9.17) is 11.6 Å². The number of amides is 3. The van der Waals surface area contributed by atoms with Gasteiger partial charge in [-0.3, -0.25) is 14.4 Å². The van der Waals surface area contributed by atoms with Crippen LogP contribution >= 0.6 is 11.6 Å². The number of benzene rings is 2. The van der Waals surface area contributed by atoms with E-state index in [0.717, 1.165) is 35.7 Å². The highest BCUT2D eigenvalue weighted by Crippen LogP contribution is 2.41. The van der Waals surface area contributed by atoms with Crippen LogP contribution in [-0.4, -0.2) is 58.3 Å². The molecule has 37 heavy (non-hydrogen) atoms. The van der Waals surface area contributed by atoms with Crippen molar-refractivity contribution in [1.29, 1.82) is 0 Å². The normalized spacial score (nSPS) is 17.2. The first-order valence-corrected chi connectivity index (χ1v) is 13.0. The number of likely N-dealkylation sites (tertiary alicyclic amines) is 2. The van der Waals surface area contributed by atoms with Gasteiger partial charge >= 0.3 is 0 Å². The van der Waals surface area contributed by atoms with Crippen molar-refractivity contribution >= 4 is 52.0 Å². The molecule has 0 atom stereocenters. The molecule has 2 saturated heterocycles. The molecule has 0 radical (unpaired) electrons. The molecule has 7 nitrogen and oxygen atoms in total. The molecule has 3 heterocycles. The van der Waals surface area contributed by atoms with Crippen molar-refractivity contribution in [1.82, 2.24) is 14.4 Å². The number of anilines is 1. The molecular formula is C29H31ClN4O3. The van der Waals surface area contributed by atoms with E-state index in [-0.39, 0.29) is 23.1 Å². The van der Waals surface area contributed by atoms with Crippen LogP contribution in [0, 0.1) is 5.41 Å². The Balaban J connectivity index is 1.20. The summed E-state index contributed by atoms with van der Waals surface area (Å²) in [7, 11) is 1.94. The van der Waals surface area contributed by atoms with Crippen LogP contribution in [0.25, 0.3) is 17.0 Å².